The summed E-state index contributed by atoms with van der Waals surface area (Å²) in [4.78, 5) is 25.6. The number of nitrogens with zero attached hydrogens (tertiary/aromatic N) is 6. The third kappa shape index (κ3) is 3.99. The van der Waals surface area contributed by atoms with Gasteiger partial charge in [0.2, 0.25) is 0 Å². The average molecular weight is 357 g/mol. The smallest absolute Gasteiger partial charge is 0.271 e. The van der Waals surface area contributed by atoms with E-state index in [9.17, 15) is 10.1 Å². The van der Waals surface area contributed by atoms with Gasteiger partial charge in [0.25, 0.3) is 5.69 Å². The predicted octanol–water partition coefficient (Wildman–Crippen LogP) is 1.95. The fourth-order valence-electron chi connectivity index (χ4n) is 2.86. The number of hydrogen-bond acceptors (Lipinski definition) is 8. The molecule has 1 saturated heterocycles. The highest BCUT2D eigenvalue weighted by Crippen LogP contribution is 2.33. The van der Waals surface area contributed by atoms with Crippen molar-refractivity contribution in [2.45, 2.75) is 0 Å². The van der Waals surface area contributed by atoms with Gasteiger partial charge in [0.05, 0.1) is 16.3 Å². The number of benzene rings is 1. The minimum atomic E-state index is -0.385. The molecule has 0 radical (unpaired) electrons. The highest BCUT2D eigenvalue weighted by molar-refractivity contribution is 5.77. The van der Waals surface area contributed by atoms with E-state index in [2.05, 4.69) is 32.1 Å². The zero-order valence-corrected chi connectivity index (χ0v) is 15.2. The summed E-state index contributed by atoms with van der Waals surface area (Å²) in [6.07, 6.45) is 1.48. The molecule has 3 rings (SSSR count). The molecule has 9 heteroatoms. The van der Waals surface area contributed by atoms with Gasteiger partial charge in [-0.2, -0.15) is 0 Å². The van der Waals surface area contributed by atoms with Gasteiger partial charge in [-0.05, 0) is 13.1 Å². The van der Waals surface area contributed by atoms with Gasteiger partial charge in [-0.25, -0.2) is 9.97 Å². The average Bonchev–Trinajstić information content (AvgIpc) is 2.62. The maximum absolute atomic E-state index is 11.2. The Morgan fingerprint density at radius 2 is 1.88 bits per heavy atom. The van der Waals surface area contributed by atoms with E-state index >= 15 is 0 Å². The summed E-state index contributed by atoms with van der Waals surface area (Å²) in [5, 5.41) is 14.4. The van der Waals surface area contributed by atoms with Crippen LogP contribution in [-0.4, -0.2) is 67.1 Å². The molecule has 1 aliphatic rings. The third-order valence-corrected chi connectivity index (χ3v) is 4.41. The molecule has 26 heavy (non-hydrogen) atoms. The quantitative estimate of drug-likeness (QED) is 0.641. The molecule has 2 heterocycles. The van der Waals surface area contributed by atoms with Crippen molar-refractivity contribution < 1.29 is 4.92 Å². The molecule has 1 aliphatic heterocycles. The van der Waals surface area contributed by atoms with E-state index in [0.29, 0.717) is 11.5 Å². The Morgan fingerprint density at radius 3 is 2.54 bits per heavy atom. The Kier molecular flexibility index (Phi) is 5.17. The van der Waals surface area contributed by atoms with Crippen molar-refractivity contribution >= 4 is 28.7 Å². The first-order valence-corrected chi connectivity index (χ1v) is 8.42. The van der Waals surface area contributed by atoms with Gasteiger partial charge in [-0.3, -0.25) is 10.1 Å². The summed E-state index contributed by atoms with van der Waals surface area (Å²) in [6.45, 7) is 3.65. The van der Waals surface area contributed by atoms with Gasteiger partial charge in [0, 0.05) is 58.5 Å². The number of piperazine rings is 1. The first kappa shape index (κ1) is 17.9. The van der Waals surface area contributed by atoms with E-state index in [1.54, 1.807) is 18.2 Å². The van der Waals surface area contributed by atoms with Crippen molar-refractivity contribution in [2.75, 3.05) is 62.4 Å². The first-order chi connectivity index (χ1) is 12.4. The van der Waals surface area contributed by atoms with Gasteiger partial charge in [0.15, 0.2) is 0 Å². The molecule has 0 atom stereocenters. The Hall–Kier alpha value is -2.94. The number of hydrogen-bond donors (Lipinski definition) is 1. The van der Waals surface area contributed by atoms with Gasteiger partial charge in [-0.15, -0.1) is 0 Å². The van der Waals surface area contributed by atoms with Crippen LogP contribution in [0.4, 0.5) is 28.7 Å². The van der Waals surface area contributed by atoms with Crippen LogP contribution >= 0.6 is 0 Å². The number of nitrogens with one attached hydrogen (secondary N) is 1. The number of likely N-dealkylation sites (N-methyl/N-ethyl adjacent to an activating group) is 1. The molecule has 1 aromatic heterocycles. The van der Waals surface area contributed by atoms with Crippen molar-refractivity contribution in [1.82, 2.24) is 14.9 Å². The van der Waals surface area contributed by atoms with Crippen LogP contribution in [0.15, 0.2) is 30.6 Å². The van der Waals surface area contributed by atoms with Crippen molar-refractivity contribution in [3.63, 3.8) is 0 Å². The molecule has 0 saturated carbocycles. The highest BCUT2D eigenvalue weighted by Gasteiger charge is 2.20. The van der Waals surface area contributed by atoms with E-state index in [0.717, 1.165) is 37.7 Å². The predicted molar refractivity (Wildman–Crippen MR) is 102 cm³/mol. The van der Waals surface area contributed by atoms with Crippen LogP contribution in [0, 0.1) is 10.1 Å². The molecule has 0 spiro atoms. The molecule has 1 N–H and O–H groups in total. The fourth-order valence-corrected chi connectivity index (χ4v) is 2.86. The molecular formula is C17H23N7O2. The van der Waals surface area contributed by atoms with Gasteiger partial charge in [0.1, 0.15) is 18.0 Å². The Morgan fingerprint density at radius 1 is 1.15 bits per heavy atom. The number of rotatable bonds is 5. The number of anilines is 4. The lowest BCUT2D eigenvalue weighted by molar-refractivity contribution is -0.384. The molecular weight excluding hydrogens is 334 g/mol. The monoisotopic (exact) mass is 357 g/mol. The van der Waals surface area contributed by atoms with E-state index in [1.807, 2.05) is 25.1 Å². The molecule has 1 fully saturated rings. The lowest BCUT2D eigenvalue weighted by Gasteiger charge is -2.35. The molecule has 0 unspecified atom stereocenters. The first-order valence-electron chi connectivity index (χ1n) is 8.42. The van der Waals surface area contributed by atoms with Crippen LogP contribution in [0.5, 0.6) is 0 Å². The van der Waals surface area contributed by atoms with E-state index < -0.39 is 0 Å². The van der Waals surface area contributed by atoms with Crippen LogP contribution in [0.2, 0.25) is 0 Å². The summed E-state index contributed by atoms with van der Waals surface area (Å²) in [5.41, 5.74) is 1.66. The summed E-state index contributed by atoms with van der Waals surface area (Å²) in [7, 11) is 5.89. The number of aromatic nitrogens is 2. The van der Waals surface area contributed by atoms with Gasteiger partial charge in [-0.1, -0.05) is 0 Å². The van der Waals surface area contributed by atoms with E-state index in [1.165, 1.54) is 6.33 Å². The maximum Gasteiger partial charge on any atom is 0.271 e. The zero-order valence-electron chi connectivity index (χ0n) is 15.2. The molecule has 138 valence electrons. The lowest BCUT2D eigenvalue weighted by atomic mass is 10.2. The topological polar surface area (TPSA) is 90.7 Å². The van der Waals surface area contributed by atoms with Crippen LogP contribution in [0.25, 0.3) is 0 Å². The van der Waals surface area contributed by atoms with Crippen molar-refractivity contribution in [2.24, 2.45) is 0 Å². The summed E-state index contributed by atoms with van der Waals surface area (Å²) < 4.78 is 0. The number of non-ortho nitro benzene ring substituents is 1. The largest absolute Gasteiger partial charge is 0.367 e. The standard InChI is InChI=1S/C17H23N7O2/c1-21(2)17-11-16(18-12-19-17)20-14-10-13(24(25)26)4-5-15(14)23-8-6-22(3)7-9-23/h4-5,10-12H,6-9H2,1-3H3,(H,18,19,20). The maximum atomic E-state index is 11.2. The Balaban J connectivity index is 1.93. The summed E-state index contributed by atoms with van der Waals surface area (Å²) in [5.74, 6) is 1.36. The van der Waals surface area contributed by atoms with Crippen LogP contribution < -0.4 is 15.1 Å². The third-order valence-electron chi connectivity index (χ3n) is 4.41. The van der Waals surface area contributed by atoms with Crippen LogP contribution in [0.1, 0.15) is 0 Å². The fraction of sp³-hybridized carbons (Fsp3) is 0.412. The molecule has 9 nitrogen and oxygen atoms in total. The zero-order chi connectivity index (χ0) is 18.7. The summed E-state index contributed by atoms with van der Waals surface area (Å²) >= 11 is 0. The SMILES string of the molecule is CN1CCN(c2ccc([N+](=O)[O-])cc2Nc2cc(N(C)C)ncn2)CC1. The van der Waals surface area contributed by atoms with Crippen LogP contribution in [0.3, 0.4) is 0 Å². The minimum Gasteiger partial charge on any atom is -0.367 e. The van der Waals surface area contributed by atoms with Crippen LogP contribution in [-0.2, 0) is 0 Å². The van der Waals surface area contributed by atoms with Gasteiger partial charge >= 0.3 is 0 Å². The highest BCUT2D eigenvalue weighted by atomic mass is 16.6. The van der Waals surface area contributed by atoms with Crippen molar-refractivity contribution in [1.29, 1.82) is 0 Å². The van der Waals surface area contributed by atoms with Crippen molar-refractivity contribution in [3.8, 4) is 0 Å². The second-order valence-electron chi connectivity index (χ2n) is 6.53. The Bertz CT molecular complexity index is 788. The Labute approximate surface area is 152 Å². The van der Waals surface area contributed by atoms with Gasteiger partial charge < -0.3 is 20.0 Å². The molecule has 0 amide bonds. The van der Waals surface area contributed by atoms with E-state index in [4.69, 9.17) is 0 Å². The van der Waals surface area contributed by atoms with E-state index in [-0.39, 0.29) is 10.6 Å². The second kappa shape index (κ2) is 7.52. The molecule has 1 aromatic carbocycles. The lowest BCUT2D eigenvalue weighted by Crippen LogP contribution is -2.44. The number of nitro benzene ring substituents is 1. The minimum absolute atomic E-state index is 0.0484. The second-order valence-corrected chi connectivity index (χ2v) is 6.53. The normalized spacial score (nSPS) is 15.0. The van der Waals surface area contributed by atoms with Crippen molar-refractivity contribution in [3.05, 3.63) is 40.7 Å². The number of nitro groups is 1. The summed E-state index contributed by atoms with van der Waals surface area (Å²) in [6, 6.07) is 6.72. The molecule has 2 aromatic rings. The molecule has 0 aliphatic carbocycles. The molecule has 0 bridgehead atoms.